The molecule has 5 rings (SSSR count). The van der Waals surface area contributed by atoms with Crippen molar-refractivity contribution in [2.24, 2.45) is 0 Å². The highest BCUT2D eigenvalue weighted by molar-refractivity contribution is 6.31. The van der Waals surface area contributed by atoms with Crippen molar-refractivity contribution in [3.8, 4) is 11.4 Å². The van der Waals surface area contributed by atoms with Gasteiger partial charge in [0, 0.05) is 21.5 Å². The molecule has 0 aliphatic rings. The second kappa shape index (κ2) is 7.49. The summed E-state index contributed by atoms with van der Waals surface area (Å²) in [6.07, 6.45) is 0. The van der Waals surface area contributed by atoms with Gasteiger partial charge in [-0.25, -0.2) is 9.78 Å². The molecule has 5 aromatic rings. The number of hydrogen-bond acceptors (Lipinski definition) is 4. The van der Waals surface area contributed by atoms with Crippen LogP contribution in [0.25, 0.3) is 27.9 Å². The second-order valence-electron chi connectivity index (χ2n) is 7.36. The van der Waals surface area contributed by atoms with Crippen molar-refractivity contribution in [1.29, 1.82) is 0 Å². The van der Waals surface area contributed by atoms with Gasteiger partial charge in [0.25, 0.3) is 0 Å². The van der Waals surface area contributed by atoms with E-state index < -0.39 is 5.69 Å². The van der Waals surface area contributed by atoms with Crippen LogP contribution in [0, 0.1) is 6.92 Å². The SMILES string of the molecule is Cc1cccc(-c2nc3c4ccccc4n(CC(=O)c4cccc(Cl)c4)c(=O)n3n2)c1. The first kappa shape index (κ1) is 19.2. The number of hydrogen-bond donors (Lipinski definition) is 0. The fourth-order valence-electron chi connectivity index (χ4n) is 3.69. The van der Waals surface area contributed by atoms with Crippen molar-refractivity contribution in [3.05, 3.63) is 99.4 Å². The monoisotopic (exact) mass is 428 g/mol. The number of aryl methyl sites for hydroxylation is 1. The predicted molar refractivity (Wildman–Crippen MR) is 121 cm³/mol. The quantitative estimate of drug-likeness (QED) is 0.393. The summed E-state index contributed by atoms with van der Waals surface area (Å²) in [5.74, 6) is 0.248. The number of halogens is 1. The number of fused-ring (bicyclic) bond motifs is 3. The lowest BCUT2D eigenvalue weighted by Gasteiger charge is -2.10. The van der Waals surface area contributed by atoms with E-state index >= 15 is 0 Å². The van der Waals surface area contributed by atoms with E-state index in [4.69, 9.17) is 11.6 Å². The molecule has 152 valence electrons. The molecule has 0 radical (unpaired) electrons. The Bertz CT molecular complexity index is 1530. The van der Waals surface area contributed by atoms with Gasteiger partial charge >= 0.3 is 5.69 Å². The lowest BCUT2D eigenvalue weighted by molar-refractivity contribution is 0.0971. The fourth-order valence-corrected chi connectivity index (χ4v) is 3.88. The molecule has 0 N–H and O–H groups in total. The highest BCUT2D eigenvalue weighted by Crippen LogP contribution is 2.22. The second-order valence-corrected chi connectivity index (χ2v) is 7.80. The maximum Gasteiger partial charge on any atom is 0.351 e. The number of rotatable bonds is 4. The summed E-state index contributed by atoms with van der Waals surface area (Å²) < 4.78 is 2.70. The predicted octanol–water partition coefficient (Wildman–Crippen LogP) is 4.56. The summed E-state index contributed by atoms with van der Waals surface area (Å²) in [4.78, 5) is 30.9. The maximum atomic E-state index is 13.3. The van der Waals surface area contributed by atoms with Gasteiger partial charge in [-0.2, -0.15) is 4.52 Å². The molecule has 0 aliphatic heterocycles. The molecule has 0 spiro atoms. The lowest BCUT2D eigenvalue weighted by Crippen LogP contribution is -2.30. The minimum absolute atomic E-state index is 0.130. The first-order chi connectivity index (χ1) is 15.0. The third-order valence-corrected chi connectivity index (χ3v) is 5.41. The van der Waals surface area contributed by atoms with E-state index in [0.29, 0.717) is 27.6 Å². The summed E-state index contributed by atoms with van der Waals surface area (Å²) in [7, 11) is 0. The Morgan fingerprint density at radius 1 is 1.00 bits per heavy atom. The average Bonchev–Trinajstić information content (AvgIpc) is 3.22. The zero-order valence-electron chi connectivity index (χ0n) is 16.6. The van der Waals surface area contributed by atoms with Crippen LogP contribution < -0.4 is 5.69 Å². The number of ketones is 1. The molecule has 0 amide bonds. The number of carbonyl (C=O) groups is 1. The van der Waals surface area contributed by atoms with Gasteiger partial charge in [0.1, 0.15) is 0 Å². The van der Waals surface area contributed by atoms with E-state index in [0.717, 1.165) is 16.5 Å². The van der Waals surface area contributed by atoms with Gasteiger partial charge in [-0.05, 0) is 37.3 Å². The summed E-state index contributed by atoms with van der Waals surface area (Å²) in [5, 5.41) is 5.68. The molecular formula is C24H17ClN4O2. The molecule has 0 bridgehead atoms. The van der Waals surface area contributed by atoms with Crippen LogP contribution in [0.3, 0.4) is 0 Å². The Morgan fingerprint density at radius 3 is 2.61 bits per heavy atom. The fraction of sp³-hybridized carbons (Fsp3) is 0.0833. The summed E-state index contributed by atoms with van der Waals surface area (Å²) in [5.41, 5.74) is 3.01. The molecule has 7 heteroatoms. The van der Waals surface area contributed by atoms with Crippen LogP contribution in [0.5, 0.6) is 0 Å². The van der Waals surface area contributed by atoms with Crippen LogP contribution in [0.15, 0.2) is 77.6 Å². The minimum atomic E-state index is -0.421. The Hall–Kier alpha value is -3.77. The van der Waals surface area contributed by atoms with Crippen LogP contribution in [-0.2, 0) is 6.54 Å². The summed E-state index contributed by atoms with van der Waals surface area (Å²) in [6, 6.07) is 21.9. The molecule has 31 heavy (non-hydrogen) atoms. The zero-order chi connectivity index (χ0) is 21.5. The number of benzene rings is 3. The van der Waals surface area contributed by atoms with E-state index in [1.165, 1.54) is 9.08 Å². The first-order valence-corrected chi connectivity index (χ1v) is 10.1. The van der Waals surface area contributed by atoms with E-state index in [-0.39, 0.29) is 12.3 Å². The number of carbonyl (C=O) groups excluding carboxylic acids is 1. The molecule has 2 heterocycles. The number of aromatic nitrogens is 4. The van der Waals surface area contributed by atoms with Crippen LogP contribution in [0.2, 0.25) is 5.02 Å². The Labute approximate surface area is 182 Å². The van der Waals surface area contributed by atoms with Gasteiger partial charge < -0.3 is 0 Å². The normalized spacial score (nSPS) is 11.3. The van der Waals surface area contributed by atoms with Crippen molar-refractivity contribution in [1.82, 2.24) is 19.2 Å². The average molecular weight is 429 g/mol. The number of nitrogens with zero attached hydrogens (tertiary/aromatic N) is 4. The number of Topliss-reactive ketones (excluding diaryl/α,β-unsaturated/α-hetero) is 1. The molecule has 0 saturated heterocycles. The van der Waals surface area contributed by atoms with E-state index in [2.05, 4.69) is 10.1 Å². The van der Waals surface area contributed by atoms with Crippen molar-refractivity contribution < 1.29 is 4.79 Å². The third kappa shape index (κ3) is 3.41. The summed E-state index contributed by atoms with van der Waals surface area (Å²) in [6.45, 7) is 1.86. The van der Waals surface area contributed by atoms with E-state index in [1.807, 2.05) is 55.5 Å². The van der Waals surface area contributed by atoms with Gasteiger partial charge in [0.05, 0.1) is 12.1 Å². The van der Waals surface area contributed by atoms with Gasteiger partial charge in [0.15, 0.2) is 17.3 Å². The topological polar surface area (TPSA) is 69.3 Å². The van der Waals surface area contributed by atoms with Gasteiger partial charge in [-0.15, -0.1) is 5.10 Å². The highest BCUT2D eigenvalue weighted by Gasteiger charge is 2.18. The van der Waals surface area contributed by atoms with Gasteiger partial charge in [-0.1, -0.05) is 59.6 Å². The largest absolute Gasteiger partial charge is 0.351 e. The molecule has 0 unspecified atom stereocenters. The van der Waals surface area contributed by atoms with Crippen molar-refractivity contribution in [2.75, 3.05) is 0 Å². The maximum absolute atomic E-state index is 13.3. The molecule has 6 nitrogen and oxygen atoms in total. The van der Waals surface area contributed by atoms with Crippen LogP contribution in [-0.4, -0.2) is 24.9 Å². The van der Waals surface area contributed by atoms with Crippen LogP contribution >= 0.6 is 11.6 Å². The molecular weight excluding hydrogens is 412 g/mol. The Kier molecular flexibility index (Phi) is 4.64. The Morgan fingerprint density at radius 2 is 1.81 bits per heavy atom. The molecule has 0 aliphatic carbocycles. The van der Waals surface area contributed by atoms with E-state index in [9.17, 15) is 9.59 Å². The zero-order valence-corrected chi connectivity index (χ0v) is 17.4. The van der Waals surface area contributed by atoms with Gasteiger partial charge in [-0.3, -0.25) is 9.36 Å². The van der Waals surface area contributed by atoms with Crippen LogP contribution in [0.4, 0.5) is 0 Å². The molecule has 0 saturated carbocycles. The Balaban J connectivity index is 1.70. The third-order valence-electron chi connectivity index (χ3n) is 5.18. The number of para-hydroxylation sites is 1. The summed E-state index contributed by atoms with van der Waals surface area (Å²) >= 11 is 6.03. The van der Waals surface area contributed by atoms with Crippen LogP contribution in [0.1, 0.15) is 15.9 Å². The van der Waals surface area contributed by atoms with Gasteiger partial charge in [0.2, 0.25) is 0 Å². The molecule has 3 aromatic carbocycles. The first-order valence-electron chi connectivity index (χ1n) is 9.75. The van der Waals surface area contributed by atoms with Crippen molar-refractivity contribution >= 4 is 33.9 Å². The molecule has 2 aromatic heterocycles. The van der Waals surface area contributed by atoms with Crippen molar-refractivity contribution in [2.45, 2.75) is 13.5 Å². The van der Waals surface area contributed by atoms with Crippen molar-refractivity contribution in [3.63, 3.8) is 0 Å². The minimum Gasteiger partial charge on any atom is -0.292 e. The standard InChI is InChI=1S/C24H17ClN4O2/c1-15-6-4-8-17(12-15)22-26-23-19-10-2-3-11-20(19)28(24(31)29(23)27-22)14-21(30)16-7-5-9-18(25)13-16/h2-13H,14H2,1H3. The highest BCUT2D eigenvalue weighted by atomic mass is 35.5. The molecule has 0 fully saturated rings. The lowest BCUT2D eigenvalue weighted by atomic mass is 10.1. The van der Waals surface area contributed by atoms with E-state index in [1.54, 1.807) is 24.3 Å². The smallest absolute Gasteiger partial charge is 0.292 e. The molecule has 0 atom stereocenters.